The molecule has 1 saturated carbocycles. The zero-order valence-corrected chi connectivity index (χ0v) is 15.3. The number of amides is 1. The van der Waals surface area contributed by atoms with Gasteiger partial charge in [-0.3, -0.25) is 4.90 Å². The smallest absolute Gasteiger partial charge is 0.414 e. The van der Waals surface area contributed by atoms with E-state index in [9.17, 15) is 9.18 Å². The lowest BCUT2D eigenvalue weighted by atomic mass is 10.2. The van der Waals surface area contributed by atoms with Crippen LogP contribution in [-0.4, -0.2) is 49.4 Å². The van der Waals surface area contributed by atoms with Gasteiger partial charge in [0.25, 0.3) is 0 Å². The van der Waals surface area contributed by atoms with Gasteiger partial charge in [0, 0.05) is 25.3 Å². The third-order valence-corrected chi connectivity index (χ3v) is 5.89. The highest BCUT2D eigenvalue weighted by molar-refractivity contribution is 5.90. The molecule has 4 atom stereocenters. The molecule has 0 bridgehead atoms. The van der Waals surface area contributed by atoms with Crippen molar-refractivity contribution in [1.29, 1.82) is 0 Å². The fraction of sp³-hybridized carbons (Fsp3) is 0.400. The Hall–Kier alpha value is -2.87. The number of carbonyl (C=O) groups is 1. The summed E-state index contributed by atoms with van der Waals surface area (Å²) in [6.45, 7) is 2.40. The number of rotatable bonds is 5. The summed E-state index contributed by atoms with van der Waals surface area (Å²) in [6, 6.07) is 10.8. The van der Waals surface area contributed by atoms with Crippen LogP contribution in [0.15, 0.2) is 42.6 Å². The van der Waals surface area contributed by atoms with Gasteiger partial charge in [-0.05, 0) is 42.2 Å². The van der Waals surface area contributed by atoms with Gasteiger partial charge in [0.1, 0.15) is 17.7 Å². The largest absolute Gasteiger partial charge is 0.442 e. The topological polar surface area (TPSA) is 83.7 Å². The van der Waals surface area contributed by atoms with Gasteiger partial charge in [-0.15, -0.1) is 0 Å². The molecule has 3 aliphatic rings. The molecule has 2 aliphatic heterocycles. The van der Waals surface area contributed by atoms with Crippen LogP contribution in [0.5, 0.6) is 0 Å². The number of ether oxygens (including phenoxy) is 1. The van der Waals surface area contributed by atoms with Gasteiger partial charge in [0.15, 0.2) is 0 Å². The Morgan fingerprint density at radius 2 is 2.04 bits per heavy atom. The number of aromatic nitrogens is 1. The van der Waals surface area contributed by atoms with Gasteiger partial charge in [-0.25, -0.2) is 14.2 Å². The maximum atomic E-state index is 14.7. The van der Waals surface area contributed by atoms with Gasteiger partial charge >= 0.3 is 6.09 Å². The first-order valence-corrected chi connectivity index (χ1v) is 9.53. The third-order valence-electron chi connectivity index (χ3n) is 5.89. The van der Waals surface area contributed by atoms with E-state index in [1.54, 1.807) is 18.3 Å². The highest BCUT2D eigenvalue weighted by atomic mass is 19.1. The molecule has 8 heteroatoms. The van der Waals surface area contributed by atoms with E-state index < -0.39 is 6.09 Å². The predicted octanol–water partition coefficient (Wildman–Crippen LogP) is 2.05. The number of nitrogens with two attached hydrogens (primary N) is 1. The van der Waals surface area contributed by atoms with Gasteiger partial charge < -0.3 is 20.7 Å². The molecule has 1 unspecified atom stereocenters. The molecule has 1 aromatic carbocycles. The van der Waals surface area contributed by atoms with Crippen molar-refractivity contribution in [2.24, 2.45) is 17.6 Å². The van der Waals surface area contributed by atoms with Crippen molar-refractivity contribution in [3.63, 3.8) is 0 Å². The van der Waals surface area contributed by atoms with Crippen molar-refractivity contribution < 1.29 is 13.9 Å². The molecular weight excluding hydrogens is 361 g/mol. The summed E-state index contributed by atoms with van der Waals surface area (Å²) < 4.78 is 20.1. The Morgan fingerprint density at radius 1 is 1.21 bits per heavy atom. The number of nitrogens with zero attached hydrogens (tertiary/aromatic N) is 3. The Balaban J connectivity index is 1.23. The number of cyclic esters (lactones) is 1. The van der Waals surface area contributed by atoms with Crippen LogP contribution in [0.4, 0.5) is 26.4 Å². The fourth-order valence-electron chi connectivity index (χ4n) is 4.21. The monoisotopic (exact) mass is 383 g/mol. The van der Waals surface area contributed by atoms with Crippen molar-refractivity contribution in [2.75, 3.05) is 41.3 Å². The van der Waals surface area contributed by atoms with E-state index in [1.165, 1.54) is 11.0 Å². The van der Waals surface area contributed by atoms with E-state index in [0.29, 0.717) is 36.3 Å². The third kappa shape index (κ3) is 3.03. The molecule has 3 N–H and O–H groups in total. The zero-order valence-electron chi connectivity index (χ0n) is 15.3. The Morgan fingerprint density at radius 3 is 2.75 bits per heavy atom. The summed E-state index contributed by atoms with van der Waals surface area (Å²) >= 11 is 0. The number of carbonyl (C=O) groups excluding carboxylic acids is 1. The standard InChI is InChI=1S/C20H22FN5O2/c21-16-7-12(4-5-17(16)25-10-14-15(11-25)19(14)22)26-9-13(28-20(26)27)8-24-18-3-1-2-6-23-18/h1-7,13-15,19H,8-11,22H2,(H,23,24)/t13-,14-,15+,19?/m0/s1. The minimum absolute atomic E-state index is 0.273. The maximum absolute atomic E-state index is 14.7. The molecule has 2 saturated heterocycles. The molecule has 2 aromatic rings. The fourth-order valence-corrected chi connectivity index (χ4v) is 4.21. The first-order chi connectivity index (χ1) is 13.6. The average Bonchev–Trinajstić information content (AvgIpc) is 3.06. The normalized spacial score (nSPS) is 28.3. The van der Waals surface area contributed by atoms with Gasteiger partial charge in [-0.2, -0.15) is 0 Å². The molecule has 1 aliphatic carbocycles. The second-order valence-electron chi connectivity index (χ2n) is 7.66. The summed E-state index contributed by atoms with van der Waals surface area (Å²) in [7, 11) is 0. The van der Waals surface area contributed by atoms with Gasteiger partial charge in [0.2, 0.25) is 0 Å². The Kier molecular flexibility index (Phi) is 4.08. The van der Waals surface area contributed by atoms with E-state index in [1.807, 2.05) is 23.1 Å². The van der Waals surface area contributed by atoms with E-state index in [0.717, 1.165) is 18.9 Å². The molecule has 28 heavy (non-hydrogen) atoms. The summed E-state index contributed by atoms with van der Waals surface area (Å²) in [6.07, 6.45) is 0.898. The highest BCUT2D eigenvalue weighted by Gasteiger charge is 2.53. The number of benzene rings is 1. The Bertz CT molecular complexity index is 883. The van der Waals surface area contributed by atoms with Crippen LogP contribution >= 0.6 is 0 Å². The van der Waals surface area contributed by atoms with Crippen LogP contribution in [0, 0.1) is 17.7 Å². The zero-order chi connectivity index (χ0) is 19.3. The molecule has 5 rings (SSSR count). The maximum Gasteiger partial charge on any atom is 0.414 e. The van der Waals surface area contributed by atoms with Gasteiger partial charge in [0.05, 0.1) is 24.5 Å². The summed E-state index contributed by atoms with van der Waals surface area (Å²) in [4.78, 5) is 19.9. The van der Waals surface area contributed by atoms with Crippen molar-refractivity contribution in [3.05, 3.63) is 48.4 Å². The van der Waals surface area contributed by atoms with E-state index in [-0.39, 0.29) is 18.0 Å². The molecule has 1 aromatic heterocycles. The molecule has 7 nitrogen and oxygen atoms in total. The molecule has 0 spiro atoms. The van der Waals surface area contributed by atoms with Crippen LogP contribution < -0.4 is 20.9 Å². The number of nitrogens with one attached hydrogen (secondary N) is 1. The number of pyridine rings is 1. The molecule has 1 amide bonds. The SMILES string of the molecule is NC1[C@H]2CN(c3ccc(N4C[C@H](CNc5ccccn5)OC4=O)cc3F)C[C@@H]12. The molecule has 146 valence electrons. The second kappa shape index (κ2) is 6.63. The van der Waals surface area contributed by atoms with E-state index in [4.69, 9.17) is 10.5 Å². The number of piperidine rings is 1. The lowest BCUT2D eigenvalue weighted by molar-refractivity contribution is 0.147. The van der Waals surface area contributed by atoms with Crippen LogP contribution in [0.2, 0.25) is 0 Å². The summed E-state index contributed by atoms with van der Waals surface area (Å²) in [5.41, 5.74) is 7.04. The first-order valence-electron chi connectivity index (χ1n) is 9.53. The number of hydrogen-bond donors (Lipinski definition) is 2. The van der Waals surface area contributed by atoms with Crippen LogP contribution in [0.3, 0.4) is 0 Å². The molecule has 3 heterocycles. The van der Waals surface area contributed by atoms with E-state index in [2.05, 4.69) is 10.3 Å². The number of fused-ring (bicyclic) bond motifs is 1. The minimum Gasteiger partial charge on any atom is -0.442 e. The number of hydrogen-bond acceptors (Lipinski definition) is 6. The number of anilines is 3. The van der Waals surface area contributed by atoms with Crippen molar-refractivity contribution >= 4 is 23.3 Å². The number of halogens is 1. The second-order valence-corrected chi connectivity index (χ2v) is 7.66. The lowest BCUT2D eigenvalue weighted by Crippen LogP contribution is -2.29. The van der Waals surface area contributed by atoms with E-state index >= 15 is 0 Å². The quantitative estimate of drug-likeness (QED) is 0.822. The molecular formula is C20H22FN5O2. The summed E-state index contributed by atoms with van der Waals surface area (Å²) in [5, 5.41) is 3.14. The summed E-state index contributed by atoms with van der Waals surface area (Å²) in [5.74, 6) is 1.37. The van der Waals surface area contributed by atoms with Crippen molar-refractivity contribution in [2.45, 2.75) is 12.1 Å². The lowest BCUT2D eigenvalue weighted by Gasteiger charge is -2.23. The van der Waals surface area contributed by atoms with Crippen molar-refractivity contribution in [1.82, 2.24) is 4.98 Å². The molecule has 3 fully saturated rings. The van der Waals surface area contributed by atoms with Gasteiger partial charge in [-0.1, -0.05) is 6.07 Å². The minimum atomic E-state index is -0.464. The predicted molar refractivity (Wildman–Crippen MR) is 104 cm³/mol. The Labute approximate surface area is 162 Å². The first kappa shape index (κ1) is 17.2. The van der Waals surface area contributed by atoms with Crippen LogP contribution in [0.1, 0.15) is 0 Å². The van der Waals surface area contributed by atoms with Crippen LogP contribution in [0.25, 0.3) is 0 Å². The average molecular weight is 383 g/mol. The van der Waals surface area contributed by atoms with Crippen molar-refractivity contribution in [3.8, 4) is 0 Å². The highest BCUT2D eigenvalue weighted by Crippen LogP contribution is 2.45. The van der Waals surface area contributed by atoms with Crippen LogP contribution in [-0.2, 0) is 4.74 Å². The molecule has 0 radical (unpaired) electrons.